The van der Waals surface area contributed by atoms with Crippen LogP contribution in [0.3, 0.4) is 0 Å². The maximum Gasteiger partial charge on any atom is 0.472 e. The molecule has 24 heavy (non-hydrogen) atoms. The van der Waals surface area contributed by atoms with Crippen molar-refractivity contribution in [1.82, 2.24) is 19.5 Å². The van der Waals surface area contributed by atoms with Crippen molar-refractivity contribution in [2.24, 2.45) is 0 Å². The summed E-state index contributed by atoms with van der Waals surface area (Å²) in [5.41, 5.74) is 6.65. The Morgan fingerprint density at radius 2 is 2.12 bits per heavy atom. The Bertz CT molecular complexity index is 725. The average Bonchev–Trinajstić information content (AvgIpc) is 3.01. The molecule has 0 saturated heterocycles. The van der Waals surface area contributed by atoms with E-state index in [9.17, 15) is 14.6 Å². The average molecular weight is 361 g/mol. The number of fused-ring (bicyclic) bond motifs is 1. The second-order valence-corrected chi connectivity index (χ2v) is 6.52. The molecule has 0 fully saturated rings. The van der Waals surface area contributed by atoms with Crippen LogP contribution in [0.2, 0.25) is 0 Å². The number of rotatable bonds is 9. The lowest BCUT2D eigenvalue weighted by molar-refractivity contribution is 0.0229. The van der Waals surface area contributed by atoms with Crippen LogP contribution in [0.4, 0.5) is 5.82 Å². The van der Waals surface area contributed by atoms with Crippen molar-refractivity contribution in [3.63, 3.8) is 0 Å². The molecule has 0 radical (unpaired) electrons. The molecule has 2 aromatic heterocycles. The molecule has 0 aliphatic carbocycles. The van der Waals surface area contributed by atoms with Crippen molar-refractivity contribution < 1.29 is 28.3 Å². The highest BCUT2D eigenvalue weighted by atomic mass is 31.2. The molecule has 11 nitrogen and oxygen atoms in total. The number of phosphoric acid groups is 1. The normalized spacial score (nSPS) is 16.8. The SMILES string of the molecule is COC(COP(=O)(O)OC)CC(CO)n1cnc2c(N)ncnc21. The molecule has 134 valence electrons. The first-order chi connectivity index (χ1) is 11.4. The summed E-state index contributed by atoms with van der Waals surface area (Å²) in [6.07, 6.45) is 2.53. The van der Waals surface area contributed by atoms with Gasteiger partial charge in [-0.2, -0.15) is 0 Å². The second kappa shape index (κ2) is 7.97. The van der Waals surface area contributed by atoms with E-state index in [1.54, 1.807) is 4.57 Å². The van der Waals surface area contributed by atoms with E-state index in [1.165, 1.54) is 19.8 Å². The number of hydrogen-bond donors (Lipinski definition) is 3. The van der Waals surface area contributed by atoms with E-state index >= 15 is 0 Å². The van der Waals surface area contributed by atoms with Crippen LogP contribution < -0.4 is 5.73 Å². The van der Waals surface area contributed by atoms with Gasteiger partial charge < -0.3 is 25.0 Å². The number of nitrogen functional groups attached to an aromatic ring is 1. The number of aromatic nitrogens is 4. The van der Waals surface area contributed by atoms with Gasteiger partial charge in [0.15, 0.2) is 11.5 Å². The predicted octanol–water partition coefficient (Wildman–Crippen LogP) is 0.110. The van der Waals surface area contributed by atoms with Gasteiger partial charge >= 0.3 is 7.82 Å². The summed E-state index contributed by atoms with van der Waals surface area (Å²) < 4.78 is 27.4. The largest absolute Gasteiger partial charge is 0.472 e. The number of phosphoric ester groups is 1. The van der Waals surface area contributed by atoms with Crippen LogP contribution in [0.25, 0.3) is 11.2 Å². The number of nitrogens with two attached hydrogens (primary N) is 1. The van der Waals surface area contributed by atoms with Gasteiger partial charge in [-0.05, 0) is 6.42 Å². The highest BCUT2D eigenvalue weighted by molar-refractivity contribution is 7.47. The van der Waals surface area contributed by atoms with Gasteiger partial charge in [0.05, 0.1) is 31.7 Å². The Morgan fingerprint density at radius 1 is 1.38 bits per heavy atom. The Morgan fingerprint density at radius 3 is 2.75 bits per heavy atom. The molecule has 0 spiro atoms. The number of ether oxygens (including phenoxy) is 1. The summed E-state index contributed by atoms with van der Waals surface area (Å²) in [6, 6.07) is -0.446. The van der Waals surface area contributed by atoms with Crippen molar-refractivity contribution in [3.8, 4) is 0 Å². The van der Waals surface area contributed by atoms with Crippen LogP contribution >= 0.6 is 7.82 Å². The number of imidazole rings is 1. The minimum absolute atomic E-state index is 0.182. The van der Waals surface area contributed by atoms with E-state index < -0.39 is 20.0 Å². The lowest BCUT2D eigenvalue weighted by Gasteiger charge is -2.23. The molecule has 2 aromatic rings. The maximum atomic E-state index is 11.4. The number of aliphatic hydroxyl groups is 1. The van der Waals surface area contributed by atoms with Crippen LogP contribution in [-0.4, -0.2) is 63.1 Å². The van der Waals surface area contributed by atoms with Gasteiger partial charge in [0.1, 0.15) is 11.8 Å². The summed E-state index contributed by atoms with van der Waals surface area (Å²) in [5, 5.41) is 9.70. The highest BCUT2D eigenvalue weighted by Crippen LogP contribution is 2.42. The topological polar surface area (TPSA) is 155 Å². The fourth-order valence-corrected chi connectivity index (χ4v) is 2.64. The number of nitrogens with zero attached hydrogens (tertiary/aromatic N) is 4. The van der Waals surface area contributed by atoms with Crippen LogP contribution in [0.1, 0.15) is 12.5 Å². The molecule has 0 aliphatic heterocycles. The first kappa shape index (κ1) is 18.7. The summed E-state index contributed by atoms with van der Waals surface area (Å²) in [6.45, 7) is -0.408. The number of aliphatic hydroxyl groups excluding tert-OH is 1. The van der Waals surface area contributed by atoms with Gasteiger partial charge in [-0.25, -0.2) is 19.5 Å². The molecule has 3 unspecified atom stereocenters. The molecule has 0 saturated carbocycles. The smallest absolute Gasteiger partial charge is 0.394 e. The number of anilines is 1. The monoisotopic (exact) mass is 361 g/mol. The molecule has 0 bridgehead atoms. The fourth-order valence-electron chi connectivity index (χ4n) is 2.18. The minimum atomic E-state index is -4.10. The fraction of sp³-hybridized carbons (Fsp3) is 0.583. The van der Waals surface area contributed by atoms with E-state index in [-0.39, 0.29) is 25.5 Å². The maximum absolute atomic E-state index is 11.4. The van der Waals surface area contributed by atoms with Crippen molar-refractivity contribution in [2.75, 3.05) is 33.2 Å². The van der Waals surface area contributed by atoms with Gasteiger partial charge in [0.2, 0.25) is 0 Å². The third-order valence-corrected chi connectivity index (χ3v) is 4.45. The lowest BCUT2D eigenvalue weighted by Crippen LogP contribution is -2.25. The summed E-state index contributed by atoms with van der Waals surface area (Å²) in [5.74, 6) is 0.239. The zero-order valence-electron chi connectivity index (χ0n) is 13.3. The first-order valence-electron chi connectivity index (χ1n) is 7.01. The van der Waals surface area contributed by atoms with E-state index in [0.717, 1.165) is 7.11 Å². The molecular formula is C12H20N5O6P. The van der Waals surface area contributed by atoms with Gasteiger partial charge in [-0.1, -0.05) is 0 Å². The van der Waals surface area contributed by atoms with E-state index in [1.807, 2.05) is 0 Å². The first-order valence-corrected chi connectivity index (χ1v) is 8.51. The summed E-state index contributed by atoms with van der Waals surface area (Å²) >= 11 is 0. The molecule has 0 aromatic carbocycles. The molecule has 2 rings (SSSR count). The molecular weight excluding hydrogens is 341 g/mol. The van der Waals surface area contributed by atoms with Crippen molar-refractivity contribution in [3.05, 3.63) is 12.7 Å². The van der Waals surface area contributed by atoms with Crippen molar-refractivity contribution >= 4 is 24.8 Å². The molecule has 2 heterocycles. The van der Waals surface area contributed by atoms with E-state index in [4.69, 9.17) is 15.0 Å². The van der Waals surface area contributed by atoms with Crippen molar-refractivity contribution in [1.29, 1.82) is 0 Å². The molecule has 3 atom stereocenters. The van der Waals surface area contributed by atoms with Gasteiger partial charge in [-0.3, -0.25) is 9.05 Å². The molecule has 0 aliphatic rings. The lowest BCUT2D eigenvalue weighted by atomic mass is 10.1. The second-order valence-electron chi connectivity index (χ2n) is 4.96. The summed E-state index contributed by atoms with van der Waals surface area (Å²) in [7, 11) is -1.59. The third-order valence-electron chi connectivity index (χ3n) is 3.51. The summed E-state index contributed by atoms with van der Waals surface area (Å²) in [4.78, 5) is 21.4. The number of hydrogen-bond acceptors (Lipinski definition) is 9. The van der Waals surface area contributed by atoms with Crippen molar-refractivity contribution in [2.45, 2.75) is 18.6 Å². The number of methoxy groups -OCH3 is 1. The molecule has 0 amide bonds. The van der Waals surface area contributed by atoms with Crippen LogP contribution in [0.5, 0.6) is 0 Å². The highest BCUT2D eigenvalue weighted by Gasteiger charge is 2.25. The Labute approximate surface area is 138 Å². The Hall–Kier alpha value is -1.62. The third kappa shape index (κ3) is 4.26. The van der Waals surface area contributed by atoms with Gasteiger partial charge in [0, 0.05) is 14.2 Å². The zero-order chi connectivity index (χ0) is 17.7. The van der Waals surface area contributed by atoms with Gasteiger partial charge in [-0.15, -0.1) is 0 Å². The Kier molecular flexibility index (Phi) is 6.21. The molecule has 12 heteroatoms. The van der Waals surface area contributed by atoms with E-state index in [2.05, 4.69) is 19.5 Å². The van der Waals surface area contributed by atoms with Gasteiger partial charge in [0.25, 0.3) is 0 Å². The van der Waals surface area contributed by atoms with Crippen LogP contribution in [0, 0.1) is 0 Å². The quantitative estimate of drug-likeness (QED) is 0.524. The standard InChI is InChI=1S/C12H20N5O6P/c1-21-9(5-23-24(19,20)22-2)3-8(4-18)17-7-16-10-11(13)14-6-15-12(10)17/h6-9,18H,3-5H2,1-2H3,(H,19,20)(H2,13,14,15). The molecule has 4 N–H and O–H groups in total. The minimum Gasteiger partial charge on any atom is -0.394 e. The van der Waals surface area contributed by atoms with Crippen LogP contribution in [0.15, 0.2) is 12.7 Å². The van der Waals surface area contributed by atoms with Crippen LogP contribution in [-0.2, 0) is 18.3 Å². The van der Waals surface area contributed by atoms with E-state index in [0.29, 0.717) is 11.2 Å². The zero-order valence-corrected chi connectivity index (χ0v) is 14.2. The Balaban J connectivity index is 2.15. The predicted molar refractivity (Wildman–Crippen MR) is 84.1 cm³/mol.